The zero-order valence-electron chi connectivity index (χ0n) is 10.9. The van der Waals surface area contributed by atoms with Gasteiger partial charge in [0.05, 0.1) is 10.8 Å². The molecule has 0 fully saturated rings. The van der Waals surface area contributed by atoms with Gasteiger partial charge < -0.3 is 5.11 Å². The zero-order valence-corrected chi connectivity index (χ0v) is 11.7. The number of carboxylic acids is 1. The van der Waals surface area contributed by atoms with Crippen molar-refractivity contribution in [3.05, 3.63) is 17.8 Å². The molecule has 8 heteroatoms. The Morgan fingerprint density at radius 3 is 2.75 bits per heavy atom. The number of aromatic nitrogens is 3. The number of hydrogen-bond donors (Lipinski definition) is 1. The number of nitrogens with zero attached hydrogens (tertiary/aromatic N) is 3. The van der Waals surface area contributed by atoms with E-state index in [9.17, 15) is 13.6 Å². The highest BCUT2D eigenvalue weighted by Crippen LogP contribution is 2.30. The average Bonchev–Trinajstić information content (AvgIpc) is 2.78. The van der Waals surface area contributed by atoms with E-state index in [4.69, 9.17) is 5.11 Å². The second-order valence-corrected chi connectivity index (χ2v) is 5.47. The van der Waals surface area contributed by atoms with Crippen LogP contribution in [0.4, 0.5) is 8.78 Å². The molecule has 2 aromatic rings. The quantitative estimate of drug-likeness (QED) is 0.859. The number of carbonyl (C=O) groups is 1. The normalized spacial score (nSPS) is 11.7. The summed E-state index contributed by atoms with van der Waals surface area (Å²) in [4.78, 5) is 14.7. The van der Waals surface area contributed by atoms with E-state index in [0.717, 1.165) is 11.8 Å². The van der Waals surface area contributed by atoms with Gasteiger partial charge in [-0.1, -0.05) is 11.8 Å². The van der Waals surface area contributed by atoms with Crippen molar-refractivity contribution >= 4 is 28.8 Å². The van der Waals surface area contributed by atoms with Gasteiger partial charge in [0.2, 0.25) is 0 Å². The van der Waals surface area contributed by atoms with Crippen LogP contribution in [0, 0.1) is 0 Å². The fourth-order valence-corrected chi connectivity index (χ4v) is 2.30. The molecule has 0 saturated carbocycles. The van der Waals surface area contributed by atoms with Crippen molar-refractivity contribution in [3.63, 3.8) is 0 Å². The predicted octanol–water partition coefficient (Wildman–Crippen LogP) is 3.13. The molecule has 2 rings (SSSR count). The Morgan fingerprint density at radius 2 is 2.20 bits per heavy atom. The summed E-state index contributed by atoms with van der Waals surface area (Å²) < 4.78 is 27.8. The van der Waals surface area contributed by atoms with Gasteiger partial charge in [0.15, 0.2) is 5.65 Å². The maximum Gasteiger partial charge on any atom is 0.313 e. The van der Waals surface area contributed by atoms with E-state index in [0.29, 0.717) is 5.39 Å². The highest BCUT2D eigenvalue weighted by atomic mass is 32.2. The second-order valence-electron chi connectivity index (χ2n) is 4.47. The highest BCUT2D eigenvalue weighted by Gasteiger charge is 2.18. The average molecular weight is 301 g/mol. The molecule has 0 bridgehead atoms. The Hall–Kier alpha value is -1.70. The molecule has 0 spiro atoms. The molecule has 108 valence electrons. The van der Waals surface area contributed by atoms with Crippen LogP contribution >= 0.6 is 11.8 Å². The molecule has 1 N–H and O–H groups in total. The number of rotatable bonds is 5. The highest BCUT2D eigenvalue weighted by molar-refractivity contribution is 7.99. The monoisotopic (exact) mass is 301 g/mol. The number of halogens is 2. The zero-order chi connectivity index (χ0) is 14.9. The lowest BCUT2D eigenvalue weighted by molar-refractivity contribution is -0.133. The molecule has 0 saturated heterocycles. The number of alkyl halides is 2. The van der Waals surface area contributed by atoms with Gasteiger partial charge in [-0.3, -0.25) is 9.48 Å². The van der Waals surface area contributed by atoms with Gasteiger partial charge in [0.25, 0.3) is 6.43 Å². The predicted molar refractivity (Wildman–Crippen MR) is 71.2 cm³/mol. The second kappa shape index (κ2) is 5.74. The van der Waals surface area contributed by atoms with Crippen molar-refractivity contribution in [2.75, 3.05) is 5.75 Å². The van der Waals surface area contributed by atoms with Gasteiger partial charge in [0.1, 0.15) is 0 Å². The van der Waals surface area contributed by atoms with E-state index in [1.54, 1.807) is 10.9 Å². The molecular formula is C12H13F2N3O2S. The molecule has 0 amide bonds. The number of pyridine rings is 1. The molecule has 0 aromatic carbocycles. The minimum absolute atomic E-state index is 0.0323. The van der Waals surface area contributed by atoms with Crippen LogP contribution in [0.15, 0.2) is 17.3 Å². The molecule has 0 aliphatic heterocycles. The summed E-state index contributed by atoms with van der Waals surface area (Å²) in [6.07, 6.45) is -1.12. The van der Waals surface area contributed by atoms with Crippen molar-refractivity contribution < 1.29 is 18.7 Å². The fraction of sp³-hybridized carbons (Fsp3) is 0.417. The standard InChI is InChI=1S/C12H13F2N3O2S/c1-6(2)17-4-8-7(11(13)14)3-9(15-12(8)16-17)20-5-10(18)19/h3-4,6,11H,5H2,1-2H3,(H,18,19). The van der Waals surface area contributed by atoms with Gasteiger partial charge in [-0.05, 0) is 19.9 Å². The Balaban J connectivity index is 2.49. The van der Waals surface area contributed by atoms with Crippen molar-refractivity contribution in [2.45, 2.75) is 31.3 Å². The first-order valence-corrected chi connectivity index (χ1v) is 6.89. The van der Waals surface area contributed by atoms with Gasteiger partial charge in [-0.15, -0.1) is 0 Å². The minimum atomic E-state index is -2.66. The van der Waals surface area contributed by atoms with E-state index in [1.807, 2.05) is 13.8 Å². The lowest BCUT2D eigenvalue weighted by Gasteiger charge is -2.04. The summed E-state index contributed by atoms with van der Waals surface area (Å²) in [6.45, 7) is 3.77. The van der Waals surface area contributed by atoms with Gasteiger partial charge >= 0.3 is 5.97 Å². The first-order chi connectivity index (χ1) is 9.38. The Kier molecular flexibility index (Phi) is 4.22. The maximum atomic E-state index is 13.1. The van der Waals surface area contributed by atoms with E-state index in [2.05, 4.69) is 10.1 Å². The molecule has 2 aromatic heterocycles. The lowest BCUT2D eigenvalue weighted by atomic mass is 10.2. The first kappa shape index (κ1) is 14.7. The molecular weight excluding hydrogens is 288 g/mol. The summed E-state index contributed by atoms with van der Waals surface area (Å²) in [7, 11) is 0. The van der Waals surface area contributed by atoms with Crippen molar-refractivity contribution in [1.29, 1.82) is 0 Å². The first-order valence-electron chi connectivity index (χ1n) is 5.91. The Bertz CT molecular complexity index is 643. The maximum absolute atomic E-state index is 13.1. The van der Waals surface area contributed by atoms with Crippen LogP contribution in [0.3, 0.4) is 0 Å². The topological polar surface area (TPSA) is 68.0 Å². The number of hydrogen-bond acceptors (Lipinski definition) is 4. The molecule has 0 aliphatic rings. The number of fused-ring (bicyclic) bond motifs is 1. The number of thioether (sulfide) groups is 1. The summed E-state index contributed by atoms with van der Waals surface area (Å²) in [5.74, 6) is -1.25. The smallest absolute Gasteiger partial charge is 0.313 e. The third-order valence-corrected chi connectivity index (χ3v) is 3.52. The van der Waals surface area contributed by atoms with Crippen LogP contribution in [-0.2, 0) is 4.79 Å². The summed E-state index contributed by atoms with van der Waals surface area (Å²) in [5.41, 5.74) is 0.0409. The fourth-order valence-electron chi connectivity index (χ4n) is 1.67. The molecule has 5 nitrogen and oxygen atoms in total. The molecule has 0 radical (unpaired) electrons. The summed E-state index contributed by atoms with van der Waals surface area (Å²) in [5, 5.41) is 13.3. The van der Waals surface area contributed by atoms with Crippen LogP contribution in [-0.4, -0.2) is 31.6 Å². The van der Waals surface area contributed by atoms with Crippen LogP contribution < -0.4 is 0 Å². The Morgan fingerprint density at radius 1 is 1.50 bits per heavy atom. The number of carboxylic acid groups (broad SMARTS) is 1. The van der Waals surface area contributed by atoms with Crippen LogP contribution in [0.1, 0.15) is 31.9 Å². The lowest BCUT2D eigenvalue weighted by Crippen LogP contribution is -2.00. The van der Waals surface area contributed by atoms with Crippen LogP contribution in [0.25, 0.3) is 11.0 Å². The molecule has 2 heterocycles. The van der Waals surface area contributed by atoms with E-state index in [-0.39, 0.29) is 28.0 Å². The minimum Gasteiger partial charge on any atom is -0.481 e. The molecule has 0 aliphatic carbocycles. The Labute approximate surface area is 118 Å². The largest absolute Gasteiger partial charge is 0.481 e. The molecule has 0 atom stereocenters. The van der Waals surface area contributed by atoms with Crippen molar-refractivity contribution in [3.8, 4) is 0 Å². The van der Waals surface area contributed by atoms with Crippen LogP contribution in [0.5, 0.6) is 0 Å². The SMILES string of the molecule is CC(C)n1cc2c(C(F)F)cc(SCC(=O)O)nc2n1. The summed E-state index contributed by atoms with van der Waals surface area (Å²) >= 11 is 0.899. The molecule has 20 heavy (non-hydrogen) atoms. The van der Waals surface area contributed by atoms with E-state index in [1.165, 1.54) is 6.07 Å². The van der Waals surface area contributed by atoms with E-state index >= 15 is 0 Å². The third kappa shape index (κ3) is 3.06. The van der Waals surface area contributed by atoms with Crippen molar-refractivity contribution in [2.24, 2.45) is 0 Å². The van der Waals surface area contributed by atoms with Crippen molar-refractivity contribution in [1.82, 2.24) is 14.8 Å². The van der Waals surface area contributed by atoms with Gasteiger partial charge in [-0.25, -0.2) is 13.8 Å². The van der Waals surface area contributed by atoms with Gasteiger partial charge in [-0.2, -0.15) is 5.10 Å². The van der Waals surface area contributed by atoms with Crippen LogP contribution in [0.2, 0.25) is 0 Å². The van der Waals surface area contributed by atoms with E-state index < -0.39 is 12.4 Å². The summed E-state index contributed by atoms with van der Waals surface area (Å²) in [6, 6.07) is 1.26. The number of aliphatic carboxylic acids is 1. The third-order valence-electron chi connectivity index (χ3n) is 2.63. The van der Waals surface area contributed by atoms with Gasteiger partial charge in [0, 0.05) is 23.2 Å². The molecule has 0 unspecified atom stereocenters.